The van der Waals surface area contributed by atoms with Gasteiger partial charge in [0.25, 0.3) is 0 Å². The molecular weight excluding hydrogens is 332 g/mol. The Kier molecular flexibility index (Phi) is 4.74. The first-order valence-corrected chi connectivity index (χ1v) is 8.41. The minimum absolute atomic E-state index is 0.0768. The summed E-state index contributed by atoms with van der Waals surface area (Å²) in [5.74, 6) is 0.0587. The van der Waals surface area contributed by atoms with Gasteiger partial charge in [-0.25, -0.2) is 0 Å². The Morgan fingerprint density at radius 1 is 1.31 bits per heavy atom. The molecule has 2 aromatic carbocycles. The van der Waals surface area contributed by atoms with Crippen LogP contribution in [0.4, 0.5) is 0 Å². The number of hydrogen-bond acceptors (Lipinski definition) is 5. The second-order valence-corrected chi connectivity index (χ2v) is 6.81. The van der Waals surface area contributed by atoms with Crippen LogP contribution >= 0.6 is 0 Å². The van der Waals surface area contributed by atoms with Gasteiger partial charge in [0.2, 0.25) is 0 Å². The number of aromatic hydroxyl groups is 1. The van der Waals surface area contributed by atoms with Gasteiger partial charge in [-0.3, -0.25) is 4.79 Å². The van der Waals surface area contributed by atoms with Gasteiger partial charge in [-0.05, 0) is 25.5 Å². The highest BCUT2D eigenvalue weighted by Crippen LogP contribution is 2.45. The van der Waals surface area contributed by atoms with Crippen molar-refractivity contribution in [1.82, 2.24) is 0 Å². The second-order valence-electron chi connectivity index (χ2n) is 6.81. The van der Waals surface area contributed by atoms with E-state index in [0.717, 1.165) is 5.56 Å². The van der Waals surface area contributed by atoms with Crippen LogP contribution in [-0.2, 0) is 6.42 Å². The molecule has 0 aliphatic carbocycles. The number of fused-ring (bicyclic) bond motifs is 1. The third-order valence-electron chi connectivity index (χ3n) is 4.58. The molecule has 26 heavy (non-hydrogen) atoms. The molecule has 5 nitrogen and oxygen atoms in total. The molecule has 1 unspecified atom stereocenters. The topological polar surface area (TPSA) is 76.0 Å². The Labute approximate surface area is 152 Å². The van der Waals surface area contributed by atoms with Gasteiger partial charge < -0.3 is 19.7 Å². The lowest BCUT2D eigenvalue weighted by Gasteiger charge is -2.38. The van der Waals surface area contributed by atoms with Crippen molar-refractivity contribution in [2.24, 2.45) is 0 Å². The zero-order valence-corrected chi connectivity index (χ0v) is 15.0. The standard InChI is InChI=1S/C21H22O5/c1-21(2)18(24)11-14-17(25-3)12-16(23)19(20(14)26-21)15(22)10-9-13-7-5-4-6-8-13/h4-10,12,18,23-24H,11H2,1-3H3. The van der Waals surface area contributed by atoms with E-state index >= 15 is 0 Å². The molecule has 0 spiro atoms. The Morgan fingerprint density at radius 2 is 2.00 bits per heavy atom. The fourth-order valence-corrected chi connectivity index (χ4v) is 2.98. The second kappa shape index (κ2) is 6.84. The molecule has 1 heterocycles. The highest BCUT2D eigenvalue weighted by Gasteiger charge is 2.40. The lowest BCUT2D eigenvalue weighted by atomic mass is 9.88. The number of benzene rings is 2. The van der Waals surface area contributed by atoms with Crippen LogP contribution in [-0.4, -0.2) is 34.8 Å². The smallest absolute Gasteiger partial charge is 0.193 e. The van der Waals surface area contributed by atoms with E-state index in [1.165, 1.54) is 19.3 Å². The molecule has 0 aromatic heterocycles. The number of hydrogen-bond donors (Lipinski definition) is 2. The van der Waals surface area contributed by atoms with E-state index in [1.54, 1.807) is 19.9 Å². The van der Waals surface area contributed by atoms with Crippen LogP contribution in [0, 0.1) is 0 Å². The molecule has 136 valence electrons. The van der Waals surface area contributed by atoms with Crippen LogP contribution in [0.3, 0.4) is 0 Å². The number of aliphatic hydroxyl groups excluding tert-OH is 1. The van der Waals surface area contributed by atoms with Crippen molar-refractivity contribution in [3.8, 4) is 17.2 Å². The molecule has 2 aromatic rings. The largest absolute Gasteiger partial charge is 0.507 e. The van der Waals surface area contributed by atoms with E-state index in [1.807, 2.05) is 30.3 Å². The number of ether oxygens (including phenoxy) is 2. The minimum Gasteiger partial charge on any atom is -0.507 e. The Morgan fingerprint density at radius 3 is 2.65 bits per heavy atom. The average molecular weight is 354 g/mol. The van der Waals surface area contributed by atoms with Gasteiger partial charge in [0, 0.05) is 18.1 Å². The van der Waals surface area contributed by atoms with Gasteiger partial charge in [-0.15, -0.1) is 0 Å². The van der Waals surface area contributed by atoms with Crippen LogP contribution in [0.25, 0.3) is 6.08 Å². The summed E-state index contributed by atoms with van der Waals surface area (Å²) < 4.78 is 11.2. The minimum atomic E-state index is -0.885. The summed E-state index contributed by atoms with van der Waals surface area (Å²) in [5, 5.41) is 20.7. The van der Waals surface area contributed by atoms with Crippen molar-refractivity contribution < 1.29 is 24.5 Å². The SMILES string of the molecule is COc1cc(O)c(C(=O)C=Cc2ccccc2)c2c1CC(O)C(C)(C)O2. The molecule has 5 heteroatoms. The van der Waals surface area contributed by atoms with Crippen molar-refractivity contribution in [3.63, 3.8) is 0 Å². The summed E-state index contributed by atoms with van der Waals surface area (Å²) in [7, 11) is 1.47. The molecule has 1 aliphatic rings. The van der Waals surface area contributed by atoms with Crippen molar-refractivity contribution in [1.29, 1.82) is 0 Å². The number of methoxy groups -OCH3 is 1. The predicted octanol–water partition coefficient (Wildman–Crippen LogP) is 3.37. The third-order valence-corrected chi connectivity index (χ3v) is 4.58. The van der Waals surface area contributed by atoms with Crippen LogP contribution < -0.4 is 9.47 Å². The van der Waals surface area contributed by atoms with E-state index in [4.69, 9.17) is 9.47 Å². The molecule has 0 amide bonds. The van der Waals surface area contributed by atoms with E-state index in [9.17, 15) is 15.0 Å². The molecule has 0 saturated heterocycles. The maximum atomic E-state index is 12.8. The van der Waals surface area contributed by atoms with E-state index in [0.29, 0.717) is 11.3 Å². The van der Waals surface area contributed by atoms with Gasteiger partial charge in [0.1, 0.15) is 28.4 Å². The van der Waals surface area contributed by atoms with Gasteiger partial charge in [0.05, 0.1) is 13.2 Å². The molecule has 1 atom stereocenters. The molecule has 3 rings (SSSR count). The number of carbonyl (C=O) groups is 1. The molecule has 0 saturated carbocycles. The zero-order valence-electron chi connectivity index (χ0n) is 15.0. The molecule has 2 N–H and O–H groups in total. The van der Waals surface area contributed by atoms with Crippen LogP contribution in [0.5, 0.6) is 17.2 Å². The van der Waals surface area contributed by atoms with Gasteiger partial charge in [-0.1, -0.05) is 36.4 Å². The Hall–Kier alpha value is -2.79. The zero-order chi connectivity index (χ0) is 18.9. The van der Waals surface area contributed by atoms with Crippen LogP contribution in [0.15, 0.2) is 42.5 Å². The normalized spacial score (nSPS) is 18.2. The van der Waals surface area contributed by atoms with Gasteiger partial charge >= 0.3 is 0 Å². The first-order chi connectivity index (χ1) is 12.3. The first-order valence-electron chi connectivity index (χ1n) is 8.41. The summed E-state index contributed by atoms with van der Waals surface area (Å²) in [4.78, 5) is 12.8. The molecular formula is C21H22O5. The molecule has 0 fully saturated rings. The van der Waals surface area contributed by atoms with Crippen molar-refractivity contribution in [2.75, 3.05) is 7.11 Å². The van der Waals surface area contributed by atoms with Crippen molar-refractivity contribution >= 4 is 11.9 Å². The molecule has 0 radical (unpaired) electrons. The highest BCUT2D eigenvalue weighted by molar-refractivity contribution is 6.11. The lowest BCUT2D eigenvalue weighted by molar-refractivity contribution is -0.0421. The number of rotatable bonds is 4. The monoisotopic (exact) mass is 354 g/mol. The third kappa shape index (κ3) is 3.30. The van der Waals surface area contributed by atoms with E-state index < -0.39 is 11.7 Å². The van der Waals surface area contributed by atoms with Gasteiger partial charge in [-0.2, -0.15) is 0 Å². The Bertz CT molecular complexity index is 852. The molecule has 1 aliphatic heterocycles. The van der Waals surface area contributed by atoms with Gasteiger partial charge in [0.15, 0.2) is 5.78 Å². The van der Waals surface area contributed by atoms with Crippen molar-refractivity contribution in [2.45, 2.75) is 32.0 Å². The number of phenols is 1. The van der Waals surface area contributed by atoms with E-state index in [2.05, 4.69) is 0 Å². The first kappa shape index (κ1) is 18.0. The number of ketones is 1. The summed E-state index contributed by atoms with van der Waals surface area (Å²) in [6.07, 6.45) is 2.60. The number of phenolic OH excluding ortho intramolecular Hbond substituents is 1. The highest BCUT2D eigenvalue weighted by atomic mass is 16.5. The lowest BCUT2D eigenvalue weighted by Crippen LogP contribution is -2.46. The Balaban J connectivity index is 2.06. The maximum absolute atomic E-state index is 12.8. The molecule has 0 bridgehead atoms. The summed E-state index contributed by atoms with van der Waals surface area (Å²) in [6.45, 7) is 3.48. The number of aliphatic hydroxyl groups is 1. The average Bonchev–Trinajstić information content (AvgIpc) is 2.61. The summed E-state index contributed by atoms with van der Waals surface area (Å²) in [6, 6.07) is 10.8. The fraction of sp³-hybridized carbons (Fsp3) is 0.286. The summed E-state index contributed by atoms with van der Waals surface area (Å²) in [5.41, 5.74) is 0.644. The van der Waals surface area contributed by atoms with Crippen LogP contribution in [0.2, 0.25) is 0 Å². The van der Waals surface area contributed by atoms with Crippen molar-refractivity contribution in [3.05, 3.63) is 59.2 Å². The number of carbonyl (C=O) groups excluding carboxylic acids is 1. The fourth-order valence-electron chi connectivity index (χ4n) is 2.98. The predicted molar refractivity (Wildman–Crippen MR) is 98.9 cm³/mol. The maximum Gasteiger partial charge on any atom is 0.193 e. The van der Waals surface area contributed by atoms with Crippen LogP contribution in [0.1, 0.15) is 35.3 Å². The van der Waals surface area contributed by atoms with E-state index in [-0.39, 0.29) is 29.3 Å². The number of allylic oxidation sites excluding steroid dienone is 1. The quantitative estimate of drug-likeness (QED) is 0.650. The summed E-state index contributed by atoms with van der Waals surface area (Å²) >= 11 is 0.